The molecule has 1 aromatic rings. The van der Waals surface area contributed by atoms with E-state index in [4.69, 9.17) is 9.47 Å². The van der Waals surface area contributed by atoms with Crippen molar-refractivity contribution < 1.29 is 19.1 Å². The van der Waals surface area contributed by atoms with Crippen molar-refractivity contribution in [1.82, 2.24) is 4.90 Å². The molecule has 5 heteroatoms. The molecule has 0 atom stereocenters. The molecule has 1 saturated heterocycles. The molecule has 0 amide bonds. The van der Waals surface area contributed by atoms with Gasteiger partial charge in [-0.1, -0.05) is 6.07 Å². The number of hydrogen-bond donors (Lipinski definition) is 0. The van der Waals surface area contributed by atoms with Crippen LogP contribution < -0.4 is 4.74 Å². The second kappa shape index (κ2) is 7.03. The summed E-state index contributed by atoms with van der Waals surface area (Å²) in [6, 6.07) is 5.38. The largest absolute Gasteiger partial charge is 0.425 e. The van der Waals surface area contributed by atoms with Crippen LogP contribution in [-0.4, -0.2) is 43.5 Å². The van der Waals surface area contributed by atoms with Gasteiger partial charge in [-0.05, 0) is 38.5 Å². The Labute approximate surface area is 131 Å². The van der Waals surface area contributed by atoms with Crippen LogP contribution in [0.25, 0.3) is 0 Å². The number of rotatable bonds is 4. The van der Waals surface area contributed by atoms with Gasteiger partial charge in [0.05, 0.1) is 24.2 Å². The number of carbonyl (C=O) groups is 2. The average Bonchev–Trinajstić information content (AvgIpc) is 2.48. The molecule has 0 bridgehead atoms. The zero-order chi connectivity index (χ0) is 16.2. The Kier molecular flexibility index (Phi) is 5.32. The first-order chi connectivity index (χ1) is 10.4. The summed E-state index contributed by atoms with van der Waals surface area (Å²) >= 11 is 0. The van der Waals surface area contributed by atoms with Crippen molar-refractivity contribution in [1.29, 1.82) is 0 Å². The van der Waals surface area contributed by atoms with Crippen molar-refractivity contribution in [2.75, 3.05) is 26.3 Å². The van der Waals surface area contributed by atoms with Crippen LogP contribution in [0, 0.1) is 5.41 Å². The molecule has 0 saturated carbocycles. The molecule has 1 aliphatic heterocycles. The molecule has 0 aliphatic carbocycles. The van der Waals surface area contributed by atoms with Crippen LogP contribution in [0.15, 0.2) is 18.2 Å². The number of benzene rings is 1. The summed E-state index contributed by atoms with van der Waals surface area (Å²) in [6.45, 7) is 9.35. The fraction of sp³-hybridized carbons (Fsp3) is 0.529. The van der Waals surface area contributed by atoms with Crippen molar-refractivity contribution >= 4 is 12.3 Å². The molecule has 0 N–H and O–H groups in total. The van der Waals surface area contributed by atoms with Crippen LogP contribution in [-0.2, 0) is 16.1 Å². The maximum Gasteiger partial charge on any atom is 0.316 e. The van der Waals surface area contributed by atoms with E-state index < -0.39 is 5.41 Å². The van der Waals surface area contributed by atoms with E-state index in [-0.39, 0.29) is 5.97 Å². The van der Waals surface area contributed by atoms with Crippen molar-refractivity contribution in [2.24, 2.45) is 5.41 Å². The number of hydrogen-bond acceptors (Lipinski definition) is 5. The first kappa shape index (κ1) is 16.6. The lowest BCUT2D eigenvalue weighted by Gasteiger charge is -2.26. The van der Waals surface area contributed by atoms with Gasteiger partial charge < -0.3 is 9.47 Å². The molecule has 1 fully saturated rings. The van der Waals surface area contributed by atoms with E-state index in [1.54, 1.807) is 32.9 Å². The van der Waals surface area contributed by atoms with Crippen LogP contribution in [0.3, 0.4) is 0 Å². The third-order valence-electron chi connectivity index (χ3n) is 3.53. The van der Waals surface area contributed by atoms with Crippen molar-refractivity contribution in [3.05, 3.63) is 29.3 Å². The van der Waals surface area contributed by atoms with Gasteiger partial charge in [-0.2, -0.15) is 0 Å². The summed E-state index contributed by atoms with van der Waals surface area (Å²) in [7, 11) is 0. The highest BCUT2D eigenvalue weighted by atomic mass is 16.5. The SMILES string of the molecule is CC(C)(C)C(=O)Oc1ccc(CN2CCOCC2)cc1C=O. The lowest BCUT2D eigenvalue weighted by atomic mass is 9.97. The van der Waals surface area contributed by atoms with Crippen molar-refractivity contribution in [3.8, 4) is 5.75 Å². The van der Waals surface area contributed by atoms with Gasteiger partial charge >= 0.3 is 5.97 Å². The first-order valence-corrected chi connectivity index (χ1v) is 7.50. The van der Waals surface area contributed by atoms with Gasteiger partial charge in [-0.3, -0.25) is 14.5 Å². The van der Waals surface area contributed by atoms with Gasteiger partial charge in [-0.15, -0.1) is 0 Å². The Hall–Kier alpha value is -1.72. The Morgan fingerprint density at radius 1 is 1.32 bits per heavy atom. The summed E-state index contributed by atoms with van der Waals surface area (Å²) in [5.41, 5.74) is 0.829. The molecule has 0 radical (unpaired) electrons. The van der Waals surface area contributed by atoms with Crippen LogP contribution >= 0.6 is 0 Å². The van der Waals surface area contributed by atoms with Gasteiger partial charge in [0.15, 0.2) is 6.29 Å². The molecule has 22 heavy (non-hydrogen) atoms. The van der Waals surface area contributed by atoms with Gasteiger partial charge in [0.25, 0.3) is 0 Å². The summed E-state index contributed by atoms with van der Waals surface area (Å²) in [5.74, 6) is -0.0304. The molecule has 5 nitrogen and oxygen atoms in total. The van der Waals surface area contributed by atoms with E-state index in [2.05, 4.69) is 4.90 Å². The topological polar surface area (TPSA) is 55.8 Å². The molecule has 2 rings (SSSR count). The zero-order valence-corrected chi connectivity index (χ0v) is 13.4. The lowest BCUT2D eigenvalue weighted by molar-refractivity contribution is -0.143. The van der Waals surface area contributed by atoms with Crippen LogP contribution in [0.5, 0.6) is 5.75 Å². The number of carbonyl (C=O) groups excluding carboxylic acids is 2. The van der Waals surface area contributed by atoms with Crippen molar-refractivity contribution in [3.63, 3.8) is 0 Å². The Balaban J connectivity index is 2.10. The highest BCUT2D eigenvalue weighted by Gasteiger charge is 2.24. The maximum absolute atomic E-state index is 11.9. The van der Waals surface area contributed by atoms with Crippen LogP contribution in [0.4, 0.5) is 0 Å². The molecule has 1 aliphatic rings. The minimum absolute atomic E-state index is 0.320. The number of aldehydes is 1. The third kappa shape index (κ3) is 4.39. The summed E-state index contributed by atoms with van der Waals surface area (Å²) in [5, 5.41) is 0. The number of esters is 1. The van der Waals surface area contributed by atoms with Crippen molar-refractivity contribution in [2.45, 2.75) is 27.3 Å². The first-order valence-electron chi connectivity index (χ1n) is 7.50. The Bertz CT molecular complexity index is 542. The lowest BCUT2D eigenvalue weighted by Crippen LogP contribution is -2.35. The molecule has 0 spiro atoms. The maximum atomic E-state index is 11.9. The standard InChI is InChI=1S/C17H23NO4/c1-17(2,3)16(20)22-15-5-4-13(10-14(15)12-19)11-18-6-8-21-9-7-18/h4-5,10,12H,6-9,11H2,1-3H3. The van der Waals surface area contributed by atoms with E-state index >= 15 is 0 Å². The van der Waals surface area contributed by atoms with Crippen LogP contribution in [0.1, 0.15) is 36.7 Å². The highest BCUT2D eigenvalue weighted by Crippen LogP contribution is 2.24. The van der Waals surface area contributed by atoms with Gasteiger partial charge in [0.2, 0.25) is 0 Å². The summed E-state index contributed by atoms with van der Waals surface area (Å²) in [6.07, 6.45) is 0.730. The second-order valence-corrected chi connectivity index (χ2v) is 6.52. The highest BCUT2D eigenvalue weighted by molar-refractivity contribution is 5.84. The van der Waals surface area contributed by atoms with Gasteiger partial charge in [-0.25, -0.2) is 0 Å². The van der Waals surface area contributed by atoms with Gasteiger partial charge in [0.1, 0.15) is 5.75 Å². The minimum Gasteiger partial charge on any atom is -0.425 e. The van der Waals surface area contributed by atoms with Gasteiger partial charge in [0, 0.05) is 19.6 Å². The number of ether oxygens (including phenoxy) is 2. The van der Waals surface area contributed by atoms with E-state index in [1.165, 1.54) is 0 Å². The zero-order valence-electron chi connectivity index (χ0n) is 13.4. The number of nitrogens with zero attached hydrogens (tertiary/aromatic N) is 1. The minimum atomic E-state index is -0.605. The fourth-order valence-corrected chi connectivity index (χ4v) is 2.15. The molecule has 1 heterocycles. The molecule has 120 valence electrons. The normalized spacial score (nSPS) is 16.3. The summed E-state index contributed by atoms with van der Waals surface area (Å²) < 4.78 is 10.7. The predicted octanol–water partition coefficient (Wildman–Crippen LogP) is 2.28. The Morgan fingerprint density at radius 2 is 2.00 bits per heavy atom. The quantitative estimate of drug-likeness (QED) is 0.485. The molecule has 0 unspecified atom stereocenters. The molecule has 0 aromatic heterocycles. The smallest absolute Gasteiger partial charge is 0.316 e. The van der Waals surface area contributed by atoms with E-state index in [1.807, 2.05) is 6.07 Å². The van der Waals surface area contributed by atoms with E-state index in [0.29, 0.717) is 11.3 Å². The third-order valence-corrected chi connectivity index (χ3v) is 3.53. The molecule has 1 aromatic carbocycles. The molecular formula is C17H23NO4. The van der Waals surface area contributed by atoms with E-state index in [9.17, 15) is 9.59 Å². The molecular weight excluding hydrogens is 282 g/mol. The average molecular weight is 305 g/mol. The summed E-state index contributed by atoms with van der Waals surface area (Å²) in [4.78, 5) is 25.5. The predicted molar refractivity (Wildman–Crippen MR) is 83.0 cm³/mol. The van der Waals surface area contributed by atoms with E-state index in [0.717, 1.165) is 44.7 Å². The van der Waals surface area contributed by atoms with Crippen LogP contribution in [0.2, 0.25) is 0 Å². The second-order valence-electron chi connectivity index (χ2n) is 6.52. The Morgan fingerprint density at radius 3 is 2.59 bits per heavy atom. The number of morpholine rings is 1. The fourth-order valence-electron chi connectivity index (χ4n) is 2.15. The monoisotopic (exact) mass is 305 g/mol.